The number of aliphatic hydroxyl groups excluding tert-OH is 1. The van der Waals surface area contributed by atoms with Crippen LogP contribution in [0.3, 0.4) is 0 Å². The number of halogens is 3. The maximum Gasteiger partial charge on any atom is 0.398 e. The summed E-state index contributed by atoms with van der Waals surface area (Å²) in [4.78, 5) is 14.3. The van der Waals surface area contributed by atoms with E-state index in [4.69, 9.17) is 0 Å². The molecule has 0 aliphatic carbocycles. The molecule has 1 atom stereocenters. The molecule has 23 heavy (non-hydrogen) atoms. The number of rotatable bonds is 4. The van der Waals surface area contributed by atoms with E-state index in [9.17, 15) is 23.1 Å². The summed E-state index contributed by atoms with van der Waals surface area (Å²) in [6.07, 6.45) is -2.79. The van der Waals surface area contributed by atoms with Crippen LogP contribution in [-0.4, -0.2) is 46.7 Å². The summed E-state index contributed by atoms with van der Waals surface area (Å²) >= 11 is 0.637. The predicted molar refractivity (Wildman–Crippen MR) is 83.7 cm³/mol. The van der Waals surface area contributed by atoms with Gasteiger partial charge in [0.2, 0.25) is 0 Å². The summed E-state index contributed by atoms with van der Waals surface area (Å²) in [5.41, 5.74) is -0.281. The first-order valence-electron chi connectivity index (χ1n) is 7.23. The molecule has 0 saturated carbocycles. The lowest BCUT2D eigenvalue weighted by Crippen LogP contribution is -2.49. The molecule has 4 nitrogen and oxygen atoms in total. The van der Waals surface area contributed by atoms with Gasteiger partial charge in [0.25, 0.3) is 0 Å². The molecular weight excluding hydrogens is 329 g/mol. The Hall–Kier alpha value is -1.41. The Morgan fingerprint density at radius 2 is 2.13 bits per heavy atom. The molecule has 0 radical (unpaired) electrons. The van der Waals surface area contributed by atoms with Gasteiger partial charge in [-0.3, -0.25) is 0 Å². The van der Waals surface area contributed by atoms with Crippen molar-refractivity contribution in [2.45, 2.75) is 36.4 Å². The third kappa shape index (κ3) is 4.54. The van der Waals surface area contributed by atoms with Crippen molar-refractivity contribution in [3.8, 4) is 0 Å². The summed E-state index contributed by atoms with van der Waals surface area (Å²) in [6, 6.07) is 5.99. The zero-order valence-electron chi connectivity index (χ0n) is 12.7. The van der Waals surface area contributed by atoms with Crippen LogP contribution >= 0.6 is 11.8 Å². The Bertz CT molecular complexity index is 568. The molecule has 2 N–H and O–H groups in total. The fourth-order valence-electron chi connectivity index (χ4n) is 2.57. The molecule has 0 aromatic heterocycles. The van der Waals surface area contributed by atoms with Gasteiger partial charge < -0.3 is 15.3 Å². The monoisotopic (exact) mass is 348 g/mol. The third-order valence-electron chi connectivity index (χ3n) is 3.85. The fraction of sp³-hybridized carbons (Fsp3) is 0.533. The predicted octanol–water partition coefficient (Wildman–Crippen LogP) is 3.72. The van der Waals surface area contributed by atoms with E-state index in [2.05, 4.69) is 5.32 Å². The first-order chi connectivity index (χ1) is 10.7. The number of nitrogens with zero attached hydrogens (tertiary/aromatic N) is 1. The van der Waals surface area contributed by atoms with Crippen LogP contribution in [0, 0.1) is 0 Å². The molecule has 1 unspecified atom stereocenters. The molecule has 2 amide bonds. The van der Waals surface area contributed by atoms with E-state index in [1.807, 2.05) is 0 Å². The number of amides is 2. The fourth-order valence-corrected chi connectivity index (χ4v) is 3.34. The molecule has 0 spiro atoms. The van der Waals surface area contributed by atoms with Crippen molar-refractivity contribution >= 4 is 23.5 Å². The maximum atomic E-state index is 12.4. The molecule has 1 fully saturated rings. The number of aliphatic hydroxyl groups is 1. The number of benzene rings is 1. The van der Waals surface area contributed by atoms with Gasteiger partial charge in [-0.05, 0) is 31.9 Å². The number of alkyl halides is 3. The number of para-hydroxylation sites is 1. The van der Waals surface area contributed by atoms with E-state index in [1.165, 1.54) is 4.90 Å². The van der Waals surface area contributed by atoms with Crippen LogP contribution in [0.1, 0.15) is 19.8 Å². The van der Waals surface area contributed by atoms with E-state index in [-0.39, 0.29) is 6.61 Å². The summed E-state index contributed by atoms with van der Waals surface area (Å²) < 4.78 is 37.2. The molecule has 128 valence electrons. The van der Waals surface area contributed by atoms with Crippen molar-refractivity contribution in [1.29, 1.82) is 0 Å². The minimum absolute atomic E-state index is 0.148. The van der Waals surface area contributed by atoms with E-state index in [1.54, 1.807) is 31.2 Å². The lowest BCUT2D eigenvalue weighted by atomic mass is 10.0. The lowest BCUT2D eigenvalue weighted by molar-refractivity contribution is -0.105. The molecular formula is C15H19F3N2O2S. The van der Waals surface area contributed by atoms with Crippen molar-refractivity contribution in [3.63, 3.8) is 0 Å². The highest BCUT2D eigenvalue weighted by Crippen LogP contribution is 2.33. The molecule has 1 heterocycles. The summed E-state index contributed by atoms with van der Waals surface area (Å²) in [5.74, 6) is -1.02. The van der Waals surface area contributed by atoms with Crippen molar-refractivity contribution in [3.05, 3.63) is 24.3 Å². The number of nitrogens with one attached hydrogen (secondary N) is 1. The highest BCUT2D eigenvalue weighted by atomic mass is 32.2. The normalized spacial score (nSPS) is 21.5. The van der Waals surface area contributed by atoms with E-state index < -0.39 is 23.5 Å². The van der Waals surface area contributed by atoms with Crippen molar-refractivity contribution in [1.82, 2.24) is 4.90 Å². The topological polar surface area (TPSA) is 52.6 Å². The number of hydrogen-bond donors (Lipinski definition) is 2. The van der Waals surface area contributed by atoms with Crippen molar-refractivity contribution in [2.24, 2.45) is 0 Å². The SMILES string of the molecule is CC1(CO)CCCN1C(=O)Nc1ccccc1SCC(F)(F)F. The highest BCUT2D eigenvalue weighted by Gasteiger charge is 2.39. The van der Waals surface area contributed by atoms with Crippen LogP contribution < -0.4 is 5.32 Å². The second-order valence-corrected chi connectivity index (χ2v) is 6.76. The lowest BCUT2D eigenvalue weighted by Gasteiger charge is -2.33. The minimum atomic E-state index is -4.27. The second kappa shape index (κ2) is 7.00. The molecule has 1 aromatic rings. The summed E-state index contributed by atoms with van der Waals surface area (Å²) in [5, 5.41) is 12.2. The van der Waals surface area contributed by atoms with Crippen LogP contribution in [0.5, 0.6) is 0 Å². The van der Waals surface area contributed by atoms with Gasteiger partial charge in [-0.1, -0.05) is 12.1 Å². The summed E-state index contributed by atoms with van der Waals surface area (Å²) in [6.45, 7) is 2.16. The van der Waals surface area contributed by atoms with Gasteiger partial charge in [0.05, 0.1) is 23.6 Å². The van der Waals surface area contributed by atoms with Gasteiger partial charge in [0.1, 0.15) is 0 Å². The minimum Gasteiger partial charge on any atom is -0.394 e. The first-order valence-corrected chi connectivity index (χ1v) is 8.22. The van der Waals surface area contributed by atoms with Crippen molar-refractivity contribution in [2.75, 3.05) is 24.2 Å². The molecule has 1 aromatic carbocycles. The van der Waals surface area contributed by atoms with Gasteiger partial charge in [0.15, 0.2) is 0 Å². The second-order valence-electron chi connectivity index (χ2n) is 5.74. The zero-order chi connectivity index (χ0) is 17.1. The van der Waals surface area contributed by atoms with Gasteiger partial charge in [-0.2, -0.15) is 13.2 Å². The Balaban J connectivity index is 2.09. The largest absolute Gasteiger partial charge is 0.398 e. The Labute approximate surface area is 137 Å². The number of urea groups is 1. The van der Waals surface area contributed by atoms with Crippen LogP contribution in [-0.2, 0) is 0 Å². The number of carbonyl (C=O) groups is 1. The maximum absolute atomic E-state index is 12.4. The Kier molecular flexibility index (Phi) is 5.46. The molecule has 1 aliphatic rings. The molecule has 1 saturated heterocycles. The number of likely N-dealkylation sites (tertiary alicyclic amines) is 1. The van der Waals surface area contributed by atoms with Gasteiger partial charge in [-0.15, -0.1) is 11.8 Å². The molecule has 1 aliphatic heterocycles. The third-order valence-corrected chi connectivity index (χ3v) is 4.99. The number of carbonyl (C=O) groups excluding carboxylic acids is 1. The molecule has 0 bridgehead atoms. The zero-order valence-corrected chi connectivity index (χ0v) is 13.5. The van der Waals surface area contributed by atoms with Crippen LogP contribution in [0.2, 0.25) is 0 Å². The average Bonchev–Trinajstić information content (AvgIpc) is 2.88. The molecule has 2 rings (SSSR count). The van der Waals surface area contributed by atoms with Crippen LogP contribution in [0.15, 0.2) is 29.2 Å². The molecule has 8 heteroatoms. The van der Waals surface area contributed by atoms with Gasteiger partial charge in [-0.25, -0.2) is 4.79 Å². The average molecular weight is 348 g/mol. The number of anilines is 1. The quantitative estimate of drug-likeness (QED) is 0.816. The van der Waals surface area contributed by atoms with E-state index in [0.717, 1.165) is 6.42 Å². The number of hydrogen-bond acceptors (Lipinski definition) is 3. The van der Waals surface area contributed by atoms with E-state index in [0.29, 0.717) is 35.3 Å². The Morgan fingerprint density at radius 3 is 2.78 bits per heavy atom. The first kappa shape index (κ1) is 17.9. The number of thioether (sulfide) groups is 1. The smallest absolute Gasteiger partial charge is 0.394 e. The van der Waals surface area contributed by atoms with Crippen molar-refractivity contribution < 1.29 is 23.1 Å². The van der Waals surface area contributed by atoms with Crippen LogP contribution in [0.4, 0.5) is 23.7 Å². The standard InChI is InChI=1S/C15H19F3N2O2S/c1-14(9-21)7-4-8-20(14)13(22)19-11-5-2-3-6-12(11)23-10-15(16,17)18/h2-3,5-6,21H,4,7-10H2,1H3,(H,19,22). The summed E-state index contributed by atoms with van der Waals surface area (Å²) in [7, 11) is 0. The highest BCUT2D eigenvalue weighted by molar-refractivity contribution is 7.99. The van der Waals surface area contributed by atoms with Gasteiger partial charge >= 0.3 is 12.2 Å². The van der Waals surface area contributed by atoms with Gasteiger partial charge in [0, 0.05) is 11.4 Å². The Morgan fingerprint density at radius 1 is 1.43 bits per heavy atom. The van der Waals surface area contributed by atoms with E-state index >= 15 is 0 Å². The van der Waals surface area contributed by atoms with Crippen LogP contribution in [0.25, 0.3) is 0 Å².